The maximum absolute atomic E-state index is 12.6. The van der Waals surface area contributed by atoms with Crippen LogP contribution in [0.25, 0.3) is 6.08 Å². The van der Waals surface area contributed by atoms with Crippen molar-refractivity contribution in [1.82, 2.24) is 9.29 Å². The molecule has 1 aromatic heterocycles. The molecule has 26 heavy (non-hydrogen) atoms. The zero-order chi connectivity index (χ0) is 18.6. The average molecular weight is 393 g/mol. The van der Waals surface area contributed by atoms with E-state index in [1.54, 1.807) is 18.3 Å². The fraction of sp³-hybridized carbons (Fsp3) is 0.316. The van der Waals surface area contributed by atoms with Crippen LogP contribution in [0.15, 0.2) is 48.1 Å². The van der Waals surface area contributed by atoms with Crippen LogP contribution in [0.1, 0.15) is 24.0 Å². The van der Waals surface area contributed by atoms with Crippen molar-refractivity contribution in [1.29, 1.82) is 0 Å². The summed E-state index contributed by atoms with van der Waals surface area (Å²) in [6.07, 6.45) is 6.03. The normalized spacial score (nSPS) is 18.9. The lowest BCUT2D eigenvalue weighted by molar-refractivity contribution is 0.130. The van der Waals surface area contributed by atoms with Crippen molar-refractivity contribution in [2.75, 3.05) is 13.1 Å². The summed E-state index contributed by atoms with van der Waals surface area (Å²) in [7, 11) is -3.50. The minimum Gasteiger partial charge on any atom is -0.487 e. The van der Waals surface area contributed by atoms with Gasteiger partial charge in [0.05, 0.1) is 6.54 Å². The number of hydrogen-bond acceptors (Lipinski definition) is 4. The number of piperidine rings is 1. The van der Waals surface area contributed by atoms with Crippen LogP contribution in [0.3, 0.4) is 0 Å². The highest BCUT2D eigenvalue weighted by Crippen LogP contribution is 2.26. The summed E-state index contributed by atoms with van der Waals surface area (Å²) >= 11 is 6.07. The number of benzene rings is 1. The highest BCUT2D eigenvalue weighted by atomic mass is 35.5. The summed E-state index contributed by atoms with van der Waals surface area (Å²) in [4.78, 5) is 3.92. The molecule has 0 aliphatic carbocycles. The molecule has 138 valence electrons. The van der Waals surface area contributed by atoms with Crippen molar-refractivity contribution < 1.29 is 13.2 Å². The van der Waals surface area contributed by atoms with Gasteiger partial charge in [-0.1, -0.05) is 41.4 Å². The molecule has 1 aromatic carbocycles. The van der Waals surface area contributed by atoms with Crippen LogP contribution in [-0.2, 0) is 10.0 Å². The molecular weight excluding hydrogens is 372 g/mol. The van der Waals surface area contributed by atoms with Gasteiger partial charge in [0, 0.05) is 30.4 Å². The number of ether oxygens (including phenoxy) is 1. The number of sulfonamides is 1. The van der Waals surface area contributed by atoms with E-state index in [0.717, 1.165) is 24.0 Å². The molecule has 0 N–H and O–H groups in total. The molecular formula is C19H21ClN2O3S. The van der Waals surface area contributed by atoms with E-state index in [4.69, 9.17) is 16.3 Å². The van der Waals surface area contributed by atoms with Crippen molar-refractivity contribution in [2.45, 2.75) is 25.9 Å². The van der Waals surface area contributed by atoms with Gasteiger partial charge in [-0.05, 0) is 31.4 Å². The van der Waals surface area contributed by atoms with Gasteiger partial charge in [-0.2, -0.15) is 4.31 Å². The minimum atomic E-state index is -3.50. The average Bonchev–Trinajstić information content (AvgIpc) is 2.63. The summed E-state index contributed by atoms with van der Waals surface area (Å²) in [6, 6.07) is 9.39. The second-order valence-corrected chi connectivity index (χ2v) is 8.53. The van der Waals surface area contributed by atoms with Gasteiger partial charge in [-0.3, -0.25) is 4.98 Å². The summed E-state index contributed by atoms with van der Waals surface area (Å²) < 4.78 is 32.6. The zero-order valence-electron chi connectivity index (χ0n) is 14.5. The molecule has 0 saturated carbocycles. The van der Waals surface area contributed by atoms with E-state index in [1.165, 1.54) is 15.9 Å². The van der Waals surface area contributed by atoms with Crippen LogP contribution < -0.4 is 4.74 Å². The van der Waals surface area contributed by atoms with E-state index in [0.29, 0.717) is 23.9 Å². The van der Waals surface area contributed by atoms with E-state index in [-0.39, 0.29) is 6.10 Å². The molecule has 0 spiro atoms. The fourth-order valence-corrected chi connectivity index (χ4v) is 4.22. The number of pyridine rings is 1. The molecule has 0 bridgehead atoms. The Bertz CT molecular complexity index is 882. The molecule has 1 aliphatic heterocycles. The lowest BCUT2D eigenvalue weighted by atomic mass is 10.1. The molecule has 1 fully saturated rings. The molecule has 0 radical (unpaired) electrons. The Morgan fingerprint density at radius 1 is 1.27 bits per heavy atom. The largest absolute Gasteiger partial charge is 0.487 e. The second-order valence-electron chi connectivity index (χ2n) is 6.30. The van der Waals surface area contributed by atoms with Gasteiger partial charge in [-0.15, -0.1) is 0 Å². The van der Waals surface area contributed by atoms with Gasteiger partial charge >= 0.3 is 0 Å². The molecule has 7 heteroatoms. The second kappa shape index (κ2) is 8.20. The van der Waals surface area contributed by atoms with Gasteiger partial charge in [0.25, 0.3) is 0 Å². The first-order valence-electron chi connectivity index (χ1n) is 8.45. The number of aryl methyl sites for hydroxylation is 1. The number of halogens is 1. The molecule has 1 aliphatic rings. The molecule has 1 saturated heterocycles. The lowest BCUT2D eigenvalue weighted by Gasteiger charge is -2.31. The van der Waals surface area contributed by atoms with Gasteiger partial charge in [0.2, 0.25) is 10.0 Å². The molecule has 1 atom stereocenters. The predicted octanol–water partition coefficient (Wildman–Crippen LogP) is 3.89. The Kier molecular flexibility index (Phi) is 5.96. The minimum absolute atomic E-state index is 0.230. The van der Waals surface area contributed by atoms with E-state index in [1.807, 2.05) is 31.2 Å². The Labute approximate surface area is 159 Å². The van der Waals surface area contributed by atoms with Crippen LogP contribution in [0, 0.1) is 6.92 Å². The molecule has 1 unspecified atom stereocenters. The number of rotatable bonds is 5. The summed E-state index contributed by atoms with van der Waals surface area (Å²) in [6.45, 7) is 2.79. The third-order valence-electron chi connectivity index (χ3n) is 4.24. The highest BCUT2D eigenvalue weighted by Gasteiger charge is 2.28. The topological polar surface area (TPSA) is 59.5 Å². The lowest BCUT2D eigenvalue weighted by Crippen LogP contribution is -2.43. The Hall–Kier alpha value is -1.89. The van der Waals surface area contributed by atoms with Crippen LogP contribution in [0.4, 0.5) is 0 Å². The monoisotopic (exact) mass is 392 g/mol. The van der Waals surface area contributed by atoms with Crippen LogP contribution >= 0.6 is 11.6 Å². The number of aromatic nitrogens is 1. The highest BCUT2D eigenvalue weighted by molar-refractivity contribution is 7.92. The van der Waals surface area contributed by atoms with E-state index in [9.17, 15) is 8.42 Å². The Morgan fingerprint density at radius 2 is 2.04 bits per heavy atom. The van der Waals surface area contributed by atoms with Crippen molar-refractivity contribution >= 4 is 27.7 Å². The summed E-state index contributed by atoms with van der Waals surface area (Å²) in [5.74, 6) is 0.529. The van der Waals surface area contributed by atoms with Crippen molar-refractivity contribution in [3.63, 3.8) is 0 Å². The fourth-order valence-electron chi connectivity index (χ4n) is 2.80. The number of hydrogen-bond donors (Lipinski definition) is 0. The van der Waals surface area contributed by atoms with E-state index in [2.05, 4.69) is 4.98 Å². The molecule has 3 rings (SSSR count). The first kappa shape index (κ1) is 18.9. The maximum Gasteiger partial charge on any atom is 0.236 e. The third-order valence-corrected chi connectivity index (χ3v) is 6.05. The van der Waals surface area contributed by atoms with E-state index >= 15 is 0 Å². The van der Waals surface area contributed by atoms with E-state index < -0.39 is 10.0 Å². The summed E-state index contributed by atoms with van der Waals surface area (Å²) in [5.41, 5.74) is 1.99. The van der Waals surface area contributed by atoms with Gasteiger partial charge < -0.3 is 4.74 Å². The molecule has 0 amide bonds. The van der Waals surface area contributed by atoms with Crippen LogP contribution in [0.2, 0.25) is 5.02 Å². The quantitative estimate of drug-likeness (QED) is 0.774. The third kappa shape index (κ3) is 4.84. The van der Waals surface area contributed by atoms with Crippen LogP contribution in [-0.4, -0.2) is 36.9 Å². The number of nitrogens with zero attached hydrogens (tertiary/aromatic N) is 2. The van der Waals surface area contributed by atoms with Gasteiger partial charge in [0.15, 0.2) is 0 Å². The smallest absolute Gasteiger partial charge is 0.236 e. The summed E-state index contributed by atoms with van der Waals surface area (Å²) in [5, 5.41) is 1.69. The standard InChI is InChI=1S/C19H21ClN2O3S/c1-15-4-6-16(7-5-15)9-12-26(23,24)22-11-2-3-17(14-22)25-19-8-10-21-13-18(19)20/h4-10,12-13,17H,2-3,11,14H2,1H3/b12-9+. The first-order chi connectivity index (χ1) is 12.4. The Morgan fingerprint density at radius 3 is 2.77 bits per heavy atom. The SMILES string of the molecule is Cc1ccc(/C=C/S(=O)(=O)N2CCCC(Oc3ccncc3Cl)C2)cc1. The van der Waals surface area contributed by atoms with Crippen molar-refractivity contribution in [3.05, 3.63) is 64.3 Å². The van der Waals surface area contributed by atoms with Crippen molar-refractivity contribution in [2.24, 2.45) is 0 Å². The molecule has 5 nitrogen and oxygen atoms in total. The predicted molar refractivity (Wildman–Crippen MR) is 104 cm³/mol. The van der Waals surface area contributed by atoms with Gasteiger partial charge in [0.1, 0.15) is 16.9 Å². The zero-order valence-corrected chi connectivity index (χ0v) is 16.1. The maximum atomic E-state index is 12.6. The molecule has 2 heterocycles. The van der Waals surface area contributed by atoms with Gasteiger partial charge in [-0.25, -0.2) is 8.42 Å². The van der Waals surface area contributed by atoms with Crippen LogP contribution in [0.5, 0.6) is 5.75 Å². The van der Waals surface area contributed by atoms with Crippen molar-refractivity contribution in [3.8, 4) is 5.75 Å². The molecule has 2 aromatic rings. The Balaban J connectivity index is 1.67. The first-order valence-corrected chi connectivity index (χ1v) is 10.3.